The number of amides is 1. The van der Waals surface area contributed by atoms with E-state index < -0.39 is 4.92 Å². The Labute approximate surface area is 222 Å². The van der Waals surface area contributed by atoms with Crippen molar-refractivity contribution in [3.05, 3.63) is 56.6 Å². The van der Waals surface area contributed by atoms with Gasteiger partial charge in [0, 0.05) is 44.2 Å². The van der Waals surface area contributed by atoms with Crippen LogP contribution in [-0.2, 0) is 17.9 Å². The van der Waals surface area contributed by atoms with Crippen molar-refractivity contribution in [1.82, 2.24) is 9.80 Å². The van der Waals surface area contributed by atoms with Gasteiger partial charge in [-0.05, 0) is 36.6 Å². The fourth-order valence-corrected chi connectivity index (χ4v) is 5.31. The van der Waals surface area contributed by atoms with E-state index in [0.29, 0.717) is 61.8 Å². The van der Waals surface area contributed by atoms with Crippen LogP contribution < -0.4 is 14.2 Å². The number of benzene rings is 2. The molecular formula is C27H34ClN3O6. The molecule has 1 saturated heterocycles. The van der Waals surface area contributed by atoms with Crippen molar-refractivity contribution in [3.63, 3.8) is 0 Å². The minimum atomic E-state index is -0.436. The number of fused-ring (bicyclic) bond motifs is 1. The predicted octanol–water partition coefficient (Wildman–Crippen LogP) is 4.92. The maximum absolute atomic E-state index is 13.7. The number of carbonyl (C=O) groups excluding carboxylic acids is 1. The van der Waals surface area contributed by atoms with Crippen LogP contribution in [0.3, 0.4) is 0 Å². The molecule has 0 saturated carbocycles. The van der Waals surface area contributed by atoms with E-state index in [1.165, 1.54) is 13.2 Å². The first-order valence-electron chi connectivity index (χ1n) is 12.7. The Bertz CT molecular complexity index is 1140. The molecule has 2 heterocycles. The molecule has 4 rings (SSSR count). The third-order valence-corrected chi connectivity index (χ3v) is 6.91. The second-order valence-electron chi connectivity index (χ2n) is 10.0. The van der Waals surface area contributed by atoms with Crippen LogP contribution in [0.5, 0.6) is 17.2 Å². The Hall–Kier alpha value is -3.04. The average Bonchev–Trinajstić information content (AvgIpc) is 3.18. The molecule has 10 heteroatoms. The maximum atomic E-state index is 13.7. The number of carbonyl (C=O) groups is 1. The first-order valence-corrected chi connectivity index (χ1v) is 13.0. The molecule has 0 radical (unpaired) electrons. The lowest BCUT2D eigenvalue weighted by molar-refractivity contribution is -0.385. The number of nitrogens with zero attached hydrogens (tertiary/aromatic N) is 3. The summed E-state index contributed by atoms with van der Waals surface area (Å²) in [6.07, 6.45) is 1.52. The number of halogens is 1. The van der Waals surface area contributed by atoms with Gasteiger partial charge < -0.3 is 19.1 Å². The van der Waals surface area contributed by atoms with Crippen molar-refractivity contribution < 1.29 is 23.9 Å². The topological polar surface area (TPSA) is 94.4 Å². The van der Waals surface area contributed by atoms with Gasteiger partial charge >= 0.3 is 5.69 Å². The summed E-state index contributed by atoms with van der Waals surface area (Å²) in [5.41, 5.74) is 1.59. The monoisotopic (exact) mass is 531 g/mol. The fourth-order valence-electron chi connectivity index (χ4n) is 5.02. The maximum Gasteiger partial charge on any atom is 0.311 e. The van der Waals surface area contributed by atoms with Gasteiger partial charge in [-0.15, -0.1) is 0 Å². The third kappa shape index (κ3) is 6.45. The highest BCUT2D eigenvalue weighted by molar-refractivity contribution is 6.32. The van der Waals surface area contributed by atoms with Gasteiger partial charge in [-0.2, -0.15) is 0 Å². The number of nitro benzene ring substituents is 1. The molecule has 0 spiro atoms. The molecular weight excluding hydrogens is 498 g/mol. The summed E-state index contributed by atoms with van der Waals surface area (Å²) in [7, 11) is 1.44. The number of hydrogen-bond acceptors (Lipinski definition) is 7. The minimum Gasteiger partial charge on any atom is -0.490 e. The van der Waals surface area contributed by atoms with Gasteiger partial charge in [-0.1, -0.05) is 37.6 Å². The first-order chi connectivity index (χ1) is 17.8. The highest BCUT2D eigenvalue weighted by atomic mass is 35.5. The normalized spacial score (nSPS) is 17.5. The Balaban J connectivity index is 1.46. The number of rotatable bonds is 9. The van der Waals surface area contributed by atoms with E-state index in [1.54, 1.807) is 6.07 Å². The van der Waals surface area contributed by atoms with E-state index in [-0.39, 0.29) is 23.3 Å². The van der Waals surface area contributed by atoms with Crippen LogP contribution in [0.1, 0.15) is 37.8 Å². The Morgan fingerprint density at radius 2 is 2.08 bits per heavy atom. The molecule has 1 fully saturated rings. The SMILES string of the molecule is COc1c(CN2CC[C@@H](C(=O)N(Cc3cc(Cl)c4c(c3)OCCCO4)CC(C)C)C2)cccc1[N+](=O)[O-]. The van der Waals surface area contributed by atoms with E-state index in [9.17, 15) is 14.9 Å². The van der Waals surface area contributed by atoms with Crippen molar-refractivity contribution in [2.75, 3.05) is 40.0 Å². The number of likely N-dealkylation sites (tertiary alicyclic amines) is 1. The second-order valence-corrected chi connectivity index (χ2v) is 10.4. The van der Waals surface area contributed by atoms with Crippen LogP contribution >= 0.6 is 11.6 Å². The predicted molar refractivity (Wildman–Crippen MR) is 140 cm³/mol. The Kier molecular flexibility index (Phi) is 8.76. The van der Waals surface area contributed by atoms with E-state index >= 15 is 0 Å². The Morgan fingerprint density at radius 3 is 2.81 bits per heavy atom. The number of methoxy groups -OCH3 is 1. The zero-order valence-electron chi connectivity index (χ0n) is 21.6. The van der Waals surface area contributed by atoms with Crippen LogP contribution in [0, 0.1) is 22.0 Å². The molecule has 200 valence electrons. The van der Waals surface area contributed by atoms with Crippen LogP contribution in [0.25, 0.3) is 0 Å². The minimum absolute atomic E-state index is 0.0521. The quantitative estimate of drug-likeness (QED) is 0.334. The van der Waals surface area contributed by atoms with Crippen LogP contribution in [0.4, 0.5) is 5.69 Å². The molecule has 2 aliphatic rings. The molecule has 37 heavy (non-hydrogen) atoms. The number of hydrogen-bond donors (Lipinski definition) is 0. The zero-order chi connectivity index (χ0) is 26.5. The molecule has 0 N–H and O–H groups in total. The lowest BCUT2D eigenvalue weighted by Gasteiger charge is -2.28. The molecule has 2 aliphatic heterocycles. The van der Waals surface area contributed by atoms with E-state index in [0.717, 1.165) is 30.5 Å². The third-order valence-electron chi connectivity index (χ3n) is 6.62. The van der Waals surface area contributed by atoms with Gasteiger partial charge in [-0.25, -0.2) is 0 Å². The zero-order valence-corrected chi connectivity index (χ0v) is 22.3. The molecule has 2 aromatic carbocycles. The van der Waals surface area contributed by atoms with Crippen molar-refractivity contribution >= 4 is 23.2 Å². The van der Waals surface area contributed by atoms with Crippen molar-refractivity contribution in [1.29, 1.82) is 0 Å². The largest absolute Gasteiger partial charge is 0.490 e. The van der Waals surface area contributed by atoms with Crippen LogP contribution in [0.15, 0.2) is 30.3 Å². The average molecular weight is 532 g/mol. The number of para-hydroxylation sites is 1. The second kappa shape index (κ2) is 12.0. The van der Waals surface area contributed by atoms with Crippen molar-refractivity contribution in [2.45, 2.75) is 39.8 Å². The molecule has 1 amide bonds. The van der Waals surface area contributed by atoms with Crippen LogP contribution in [-0.4, -0.2) is 60.6 Å². The summed E-state index contributed by atoms with van der Waals surface area (Å²) >= 11 is 6.50. The summed E-state index contributed by atoms with van der Waals surface area (Å²) in [6.45, 7) is 8.17. The van der Waals surface area contributed by atoms with Crippen molar-refractivity contribution in [2.24, 2.45) is 11.8 Å². The van der Waals surface area contributed by atoms with Gasteiger partial charge in [0.05, 0.1) is 36.2 Å². The van der Waals surface area contributed by atoms with Gasteiger partial charge in [0.25, 0.3) is 0 Å². The molecule has 0 unspecified atom stereocenters. The standard InChI is InChI=1S/C27H34ClN3O6/c1-18(2)14-30(15-19-12-22(28)26-24(13-19)36-10-5-11-37-26)27(32)21-8-9-29(17-21)16-20-6-4-7-23(31(33)34)25(20)35-3/h4,6-7,12-13,18,21H,5,8-11,14-17H2,1-3H3/t21-/m1/s1. The van der Waals surface area contributed by atoms with Gasteiger partial charge in [-0.3, -0.25) is 19.8 Å². The molecule has 1 atom stereocenters. The molecule has 0 aliphatic carbocycles. The van der Waals surface area contributed by atoms with Gasteiger partial charge in [0.2, 0.25) is 11.7 Å². The summed E-state index contributed by atoms with van der Waals surface area (Å²) < 4.78 is 16.9. The van der Waals surface area contributed by atoms with E-state index in [2.05, 4.69) is 18.7 Å². The highest BCUT2D eigenvalue weighted by Crippen LogP contribution is 2.38. The number of ether oxygens (including phenoxy) is 3. The summed E-state index contributed by atoms with van der Waals surface area (Å²) in [6, 6.07) is 8.71. The number of nitro groups is 1. The lowest BCUT2D eigenvalue weighted by atomic mass is 10.0. The fraction of sp³-hybridized carbons (Fsp3) is 0.519. The lowest BCUT2D eigenvalue weighted by Crippen LogP contribution is -2.39. The van der Waals surface area contributed by atoms with E-state index in [1.807, 2.05) is 23.1 Å². The van der Waals surface area contributed by atoms with Crippen molar-refractivity contribution in [3.8, 4) is 17.2 Å². The summed E-state index contributed by atoms with van der Waals surface area (Å²) in [5, 5.41) is 11.9. The molecule has 2 aromatic rings. The van der Waals surface area contributed by atoms with Gasteiger partial charge in [0.15, 0.2) is 11.5 Å². The molecule has 9 nitrogen and oxygen atoms in total. The summed E-state index contributed by atoms with van der Waals surface area (Å²) in [5.74, 6) is 1.70. The molecule has 0 bridgehead atoms. The molecule has 0 aromatic heterocycles. The summed E-state index contributed by atoms with van der Waals surface area (Å²) in [4.78, 5) is 28.7. The highest BCUT2D eigenvalue weighted by Gasteiger charge is 2.33. The smallest absolute Gasteiger partial charge is 0.311 e. The van der Waals surface area contributed by atoms with E-state index in [4.69, 9.17) is 25.8 Å². The van der Waals surface area contributed by atoms with Gasteiger partial charge in [0.1, 0.15) is 0 Å². The Morgan fingerprint density at radius 1 is 1.30 bits per heavy atom. The first kappa shape index (κ1) is 27.0. The van der Waals surface area contributed by atoms with Crippen LogP contribution in [0.2, 0.25) is 5.02 Å².